The zero-order valence-corrected chi connectivity index (χ0v) is 4.24. The van der Waals surface area contributed by atoms with E-state index in [9.17, 15) is 0 Å². The molecule has 0 aliphatic heterocycles. The molecular formula is MnN6. The van der Waals surface area contributed by atoms with Crippen LogP contribution in [0.3, 0.4) is 0 Å². The summed E-state index contributed by atoms with van der Waals surface area (Å²) in [6, 6.07) is 0. The second-order valence-electron chi connectivity index (χ2n) is 0.179. The average molecular weight is 139 g/mol. The normalized spacial score (nSPS) is 2.29. The minimum absolute atomic E-state index is 0. The van der Waals surface area contributed by atoms with Crippen LogP contribution in [-0.2, 0) is 17.1 Å². The van der Waals surface area contributed by atoms with E-state index in [1.54, 1.807) is 0 Å². The smallest absolute Gasteiger partial charge is 0.373 e. The van der Waals surface area contributed by atoms with Gasteiger partial charge in [0.1, 0.15) is 0 Å². The van der Waals surface area contributed by atoms with E-state index in [4.69, 9.17) is 22.1 Å². The zero-order chi connectivity index (χ0) is 5.41. The van der Waals surface area contributed by atoms with Gasteiger partial charge in [-0.2, -0.15) is 0 Å². The van der Waals surface area contributed by atoms with Crippen molar-refractivity contribution < 1.29 is 17.1 Å². The van der Waals surface area contributed by atoms with Crippen LogP contribution in [0, 0.1) is 0 Å². The topological polar surface area (TPSA) is 117 Å². The number of nitrogens with zero attached hydrogens (tertiary/aromatic N) is 6. The van der Waals surface area contributed by atoms with Gasteiger partial charge in [0, 0.05) is 0 Å². The third kappa shape index (κ3) is 68.4. The SMILES string of the molecule is [Mn+2].[N-]=[N+]=[N-].[N-]=[N+]=[N-]. The Labute approximate surface area is 49.8 Å². The molecule has 0 rings (SSSR count). The van der Waals surface area contributed by atoms with E-state index < -0.39 is 0 Å². The van der Waals surface area contributed by atoms with Crippen LogP contribution in [0.2, 0.25) is 0 Å². The Kier molecular flexibility index (Phi) is 159. The molecule has 0 aromatic rings. The molecule has 0 saturated carbocycles. The average Bonchev–Trinajstić information content (AvgIpc) is 1.39. The van der Waals surface area contributed by atoms with Crippen molar-refractivity contribution in [3.05, 3.63) is 31.9 Å². The second-order valence-corrected chi connectivity index (χ2v) is 0.179. The van der Waals surface area contributed by atoms with Crippen molar-refractivity contribution in [1.82, 2.24) is 0 Å². The molecule has 0 spiro atoms. The van der Waals surface area contributed by atoms with Gasteiger partial charge < -0.3 is 22.1 Å². The molecule has 0 fully saturated rings. The second kappa shape index (κ2) is 67.8. The molecule has 0 aliphatic carbocycles. The summed E-state index contributed by atoms with van der Waals surface area (Å²) in [4.78, 5) is 3.00. The molecule has 37 valence electrons. The molecule has 0 heterocycles. The van der Waals surface area contributed by atoms with Crippen molar-refractivity contribution in [2.45, 2.75) is 0 Å². The first-order valence-electron chi connectivity index (χ1n) is 0.800. The molecule has 0 N–H and O–H groups in total. The first-order chi connectivity index (χ1) is 2.83. The molecular weight excluding hydrogens is 139 g/mol. The fourth-order valence-electron chi connectivity index (χ4n) is 0. The van der Waals surface area contributed by atoms with Crippen LogP contribution in [0.25, 0.3) is 31.9 Å². The maximum atomic E-state index is 6.75. The molecule has 0 aromatic heterocycles. The van der Waals surface area contributed by atoms with Crippen LogP contribution in [0.4, 0.5) is 0 Å². The molecule has 1 radical (unpaired) electrons. The molecule has 7 heteroatoms. The summed E-state index contributed by atoms with van der Waals surface area (Å²) in [5.74, 6) is 0. The summed E-state index contributed by atoms with van der Waals surface area (Å²) >= 11 is 0. The van der Waals surface area contributed by atoms with Gasteiger partial charge in [0.2, 0.25) is 0 Å². The number of hydrogen-bond donors (Lipinski definition) is 0. The Hall–Kier alpha value is -0.861. The van der Waals surface area contributed by atoms with Crippen LogP contribution < -0.4 is 0 Å². The third-order valence-corrected chi connectivity index (χ3v) is 0. The van der Waals surface area contributed by atoms with E-state index in [-0.39, 0.29) is 17.1 Å². The van der Waals surface area contributed by atoms with E-state index in [2.05, 4.69) is 0 Å². The first kappa shape index (κ1) is 16.5. The van der Waals surface area contributed by atoms with Gasteiger partial charge in [-0.1, -0.05) is 0 Å². The summed E-state index contributed by atoms with van der Waals surface area (Å²) in [5.41, 5.74) is 27.0. The van der Waals surface area contributed by atoms with Crippen molar-refractivity contribution >= 4 is 0 Å². The fraction of sp³-hybridized carbons (Fsp3) is 0. The molecule has 0 aromatic carbocycles. The number of hydrogen-bond acceptors (Lipinski definition) is 0. The molecule has 0 saturated heterocycles. The van der Waals surface area contributed by atoms with Gasteiger partial charge in [-0.25, -0.2) is 0 Å². The Morgan fingerprint density at radius 2 is 0.714 bits per heavy atom. The van der Waals surface area contributed by atoms with E-state index in [1.807, 2.05) is 0 Å². The Balaban J connectivity index is -0.0000000400. The summed E-state index contributed by atoms with van der Waals surface area (Å²) < 4.78 is 0. The summed E-state index contributed by atoms with van der Waals surface area (Å²) in [7, 11) is 0. The Bertz CT molecular complexity index is 58.2. The minimum Gasteiger partial charge on any atom is -0.373 e. The minimum atomic E-state index is 0. The van der Waals surface area contributed by atoms with E-state index in [0.29, 0.717) is 0 Å². The predicted octanol–water partition coefficient (Wildman–Crippen LogP) is 1.73. The Morgan fingerprint density at radius 1 is 0.714 bits per heavy atom. The van der Waals surface area contributed by atoms with Crippen LogP contribution >= 0.6 is 0 Å². The third-order valence-electron chi connectivity index (χ3n) is 0. The summed E-state index contributed by atoms with van der Waals surface area (Å²) in [6.45, 7) is 0. The van der Waals surface area contributed by atoms with Crippen molar-refractivity contribution in [2.24, 2.45) is 0 Å². The maximum absolute atomic E-state index is 6.75. The van der Waals surface area contributed by atoms with Gasteiger partial charge in [0.15, 0.2) is 0 Å². The molecule has 6 nitrogen and oxygen atoms in total. The molecule has 0 amide bonds. The fourth-order valence-corrected chi connectivity index (χ4v) is 0. The standard InChI is InChI=1S/Mn.2N3/c;2*1-3-2/q+2;2*-1. The predicted molar refractivity (Wildman–Crippen MR) is 20.2 cm³/mol. The van der Waals surface area contributed by atoms with Crippen molar-refractivity contribution in [3.63, 3.8) is 0 Å². The van der Waals surface area contributed by atoms with Crippen LogP contribution in [0.5, 0.6) is 0 Å². The van der Waals surface area contributed by atoms with Crippen LogP contribution in [-0.4, -0.2) is 0 Å². The van der Waals surface area contributed by atoms with Gasteiger partial charge in [-0.15, -0.1) is 0 Å². The van der Waals surface area contributed by atoms with E-state index >= 15 is 0 Å². The molecule has 0 bridgehead atoms. The molecule has 0 unspecified atom stereocenters. The molecule has 7 heavy (non-hydrogen) atoms. The Morgan fingerprint density at radius 3 is 0.714 bits per heavy atom. The van der Waals surface area contributed by atoms with Gasteiger partial charge in [0.05, 0.1) is 0 Å². The monoisotopic (exact) mass is 139 g/mol. The maximum Gasteiger partial charge on any atom is 2.00 e. The van der Waals surface area contributed by atoms with Crippen molar-refractivity contribution in [1.29, 1.82) is 0 Å². The van der Waals surface area contributed by atoms with Crippen molar-refractivity contribution in [3.8, 4) is 0 Å². The summed E-state index contributed by atoms with van der Waals surface area (Å²) in [5, 5.41) is 0. The van der Waals surface area contributed by atoms with E-state index in [1.165, 1.54) is 9.82 Å². The first-order valence-corrected chi connectivity index (χ1v) is 0.800. The summed E-state index contributed by atoms with van der Waals surface area (Å²) in [6.07, 6.45) is 0. The van der Waals surface area contributed by atoms with Crippen LogP contribution in [0.1, 0.15) is 0 Å². The quantitative estimate of drug-likeness (QED) is 0.210. The van der Waals surface area contributed by atoms with Crippen molar-refractivity contribution in [2.75, 3.05) is 0 Å². The number of rotatable bonds is 0. The zero-order valence-electron chi connectivity index (χ0n) is 3.06. The van der Waals surface area contributed by atoms with Gasteiger partial charge in [-0.3, -0.25) is 9.82 Å². The van der Waals surface area contributed by atoms with E-state index in [0.717, 1.165) is 0 Å². The molecule has 0 aliphatic rings. The van der Waals surface area contributed by atoms with Gasteiger partial charge in [0.25, 0.3) is 0 Å². The molecule has 0 atom stereocenters. The van der Waals surface area contributed by atoms with Gasteiger partial charge >= 0.3 is 17.1 Å². The van der Waals surface area contributed by atoms with Gasteiger partial charge in [-0.05, 0) is 0 Å². The largest absolute Gasteiger partial charge is 2.00 e. The van der Waals surface area contributed by atoms with Crippen LogP contribution in [0.15, 0.2) is 0 Å².